The minimum atomic E-state index is -0.209. The Balaban J connectivity index is 2.30. The predicted molar refractivity (Wildman–Crippen MR) is 84.8 cm³/mol. The average Bonchev–Trinajstić information content (AvgIpc) is 2.44. The van der Waals surface area contributed by atoms with E-state index in [2.05, 4.69) is 21.2 Å². The van der Waals surface area contributed by atoms with Gasteiger partial charge in [0, 0.05) is 21.1 Å². The van der Waals surface area contributed by atoms with E-state index in [4.69, 9.17) is 16.3 Å². The van der Waals surface area contributed by atoms with Crippen molar-refractivity contribution in [3.63, 3.8) is 0 Å². The molecule has 20 heavy (non-hydrogen) atoms. The first kappa shape index (κ1) is 14.9. The molecule has 1 N–H and O–H groups in total. The van der Waals surface area contributed by atoms with Crippen molar-refractivity contribution in [2.75, 3.05) is 12.4 Å². The van der Waals surface area contributed by atoms with Gasteiger partial charge in [0.2, 0.25) is 0 Å². The summed E-state index contributed by atoms with van der Waals surface area (Å²) in [7, 11) is 1.58. The van der Waals surface area contributed by atoms with Crippen LogP contribution in [0.4, 0.5) is 5.69 Å². The number of amides is 1. The lowest BCUT2D eigenvalue weighted by atomic mass is 10.1. The molecule has 2 aromatic carbocycles. The van der Waals surface area contributed by atoms with Crippen molar-refractivity contribution in [2.24, 2.45) is 0 Å². The number of rotatable bonds is 3. The van der Waals surface area contributed by atoms with E-state index in [9.17, 15) is 4.79 Å². The number of hydrogen-bond donors (Lipinski definition) is 1. The summed E-state index contributed by atoms with van der Waals surface area (Å²) >= 11 is 9.43. The molecule has 0 saturated carbocycles. The summed E-state index contributed by atoms with van der Waals surface area (Å²) in [4.78, 5) is 12.3. The third kappa shape index (κ3) is 3.14. The molecular formula is C15H13BrClNO2. The predicted octanol–water partition coefficient (Wildman–Crippen LogP) is 4.67. The zero-order chi connectivity index (χ0) is 14.7. The van der Waals surface area contributed by atoms with Gasteiger partial charge in [-0.25, -0.2) is 0 Å². The highest BCUT2D eigenvalue weighted by atomic mass is 79.9. The summed E-state index contributed by atoms with van der Waals surface area (Å²) < 4.78 is 5.93. The molecule has 104 valence electrons. The van der Waals surface area contributed by atoms with E-state index in [1.165, 1.54) is 0 Å². The molecule has 0 aromatic heterocycles. The molecule has 0 fully saturated rings. The summed E-state index contributed by atoms with van der Waals surface area (Å²) in [5.74, 6) is 0.463. The molecule has 0 aliphatic heterocycles. The van der Waals surface area contributed by atoms with Crippen LogP contribution in [0.1, 0.15) is 15.9 Å². The van der Waals surface area contributed by atoms with Crippen LogP contribution in [-0.2, 0) is 0 Å². The van der Waals surface area contributed by atoms with Crippen LogP contribution < -0.4 is 10.1 Å². The first-order valence-corrected chi connectivity index (χ1v) is 7.10. The second-order valence-electron chi connectivity index (χ2n) is 4.21. The molecule has 3 nitrogen and oxygen atoms in total. The minimum Gasteiger partial charge on any atom is -0.497 e. The third-order valence-electron chi connectivity index (χ3n) is 2.93. The summed E-state index contributed by atoms with van der Waals surface area (Å²) in [5, 5.41) is 3.42. The van der Waals surface area contributed by atoms with Crippen molar-refractivity contribution in [1.29, 1.82) is 0 Å². The molecule has 0 aliphatic carbocycles. The van der Waals surface area contributed by atoms with Crippen molar-refractivity contribution in [1.82, 2.24) is 0 Å². The number of methoxy groups -OCH3 is 1. The van der Waals surface area contributed by atoms with Crippen molar-refractivity contribution in [3.05, 3.63) is 57.0 Å². The molecule has 0 radical (unpaired) electrons. The molecule has 2 aromatic rings. The Kier molecular flexibility index (Phi) is 4.68. The monoisotopic (exact) mass is 353 g/mol. The summed E-state index contributed by atoms with van der Waals surface area (Å²) in [6.07, 6.45) is 0. The maximum absolute atomic E-state index is 12.3. The largest absolute Gasteiger partial charge is 0.497 e. The van der Waals surface area contributed by atoms with Gasteiger partial charge in [0.05, 0.1) is 12.8 Å². The number of benzene rings is 2. The average molecular weight is 355 g/mol. The van der Waals surface area contributed by atoms with Crippen molar-refractivity contribution in [3.8, 4) is 5.75 Å². The number of carbonyl (C=O) groups is 1. The van der Waals surface area contributed by atoms with Crippen LogP contribution in [0.15, 0.2) is 40.9 Å². The molecular weight excluding hydrogens is 342 g/mol. The number of nitrogens with one attached hydrogen (secondary N) is 1. The topological polar surface area (TPSA) is 38.3 Å². The SMILES string of the molecule is COc1ccc(Br)c(NC(=O)c2cccc(Cl)c2C)c1. The smallest absolute Gasteiger partial charge is 0.256 e. The maximum atomic E-state index is 12.3. The van der Waals surface area contributed by atoms with Gasteiger partial charge in [0.1, 0.15) is 5.75 Å². The molecule has 0 heterocycles. The van der Waals surface area contributed by atoms with Gasteiger partial charge in [0.15, 0.2) is 0 Å². The van der Waals surface area contributed by atoms with Gasteiger partial charge in [-0.3, -0.25) is 4.79 Å². The van der Waals surface area contributed by atoms with E-state index < -0.39 is 0 Å². The quantitative estimate of drug-likeness (QED) is 0.869. The number of anilines is 1. The fraction of sp³-hybridized carbons (Fsp3) is 0.133. The van der Waals surface area contributed by atoms with E-state index in [0.29, 0.717) is 22.0 Å². The van der Waals surface area contributed by atoms with Crippen LogP contribution in [-0.4, -0.2) is 13.0 Å². The molecule has 0 atom stereocenters. The number of ether oxygens (including phenoxy) is 1. The lowest BCUT2D eigenvalue weighted by molar-refractivity contribution is 0.102. The van der Waals surface area contributed by atoms with Gasteiger partial charge in [0.25, 0.3) is 5.91 Å². The molecule has 2 rings (SSSR count). The van der Waals surface area contributed by atoms with Gasteiger partial charge in [-0.05, 0) is 52.7 Å². The Morgan fingerprint density at radius 2 is 2.05 bits per heavy atom. The van der Waals surface area contributed by atoms with E-state index in [1.807, 2.05) is 19.1 Å². The van der Waals surface area contributed by atoms with Crippen LogP contribution in [0, 0.1) is 6.92 Å². The molecule has 0 aliphatic rings. The molecule has 1 amide bonds. The van der Waals surface area contributed by atoms with Crippen LogP contribution in [0.25, 0.3) is 0 Å². The van der Waals surface area contributed by atoms with Crippen molar-refractivity contribution in [2.45, 2.75) is 6.92 Å². The van der Waals surface area contributed by atoms with E-state index in [1.54, 1.807) is 31.4 Å². The Hall–Kier alpha value is -1.52. The Morgan fingerprint density at radius 3 is 2.75 bits per heavy atom. The highest BCUT2D eigenvalue weighted by molar-refractivity contribution is 9.10. The van der Waals surface area contributed by atoms with E-state index in [-0.39, 0.29) is 5.91 Å². The second kappa shape index (κ2) is 6.29. The van der Waals surface area contributed by atoms with Gasteiger partial charge < -0.3 is 10.1 Å². The van der Waals surface area contributed by atoms with Gasteiger partial charge >= 0.3 is 0 Å². The second-order valence-corrected chi connectivity index (χ2v) is 5.47. The fourth-order valence-electron chi connectivity index (χ4n) is 1.77. The maximum Gasteiger partial charge on any atom is 0.256 e. The first-order chi connectivity index (χ1) is 9.52. The van der Waals surface area contributed by atoms with Crippen molar-refractivity contribution >= 4 is 39.1 Å². The lowest BCUT2D eigenvalue weighted by Gasteiger charge is -2.11. The molecule has 0 unspecified atom stereocenters. The number of carbonyl (C=O) groups excluding carboxylic acids is 1. The van der Waals surface area contributed by atoms with E-state index in [0.717, 1.165) is 10.0 Å². The van der Waals surface area contributed by atoms with Gasteiger partial charge in [-0.2, -0.15) is 0 Å². The molecule has 0 spiro atoms. The third-order valence-corrected chi connectivity index (χ3v) is 4.04. The zero-order valence-electron chi connectivity index (χ0n) is 11.0. The molecule has 0 bridgehead atoms. The molecule has 0 saturated heterocycles. The summed E-state index contributed by atoms with van der Waals surface area (Å²) in [5.41, 5.74) is 1.95. The van der Waals surface area contributed by atoms with Gasteiger partial charge in [-0.1, -0.05) is 17.7 Å². The summed E-state index contributed by atoms with van der Waals surface area (Å²) in [6, 6.07) is 10.6. The molecule has 5 heteroatoms. The highest BCUT2D eigenvalue weighted by Gasteiger charge is 2.13. The number of hydrogen-bond acceptors (Lipinski definition) is 2. The Morgan fingerprint density at radius 1 is 1.30 bits per heavy atom. The Bertz CT molecular complexity index is 658. The van der Waals surface area contributed by atoms with E-state index >= 15 is 0 Å². The minimum absolute atomic E-state index is 0.209. The van der Waals surface area contributed by atoms with Crippen LogP contribution in [0.3, 0.4) is 0 Å². The normalized spacial score (nSPS) is 10.2. The Labute approximate surface area is 131 Å². The van der Waals surface area contributed by atoms with Crippen LogP contribution in [0.5, 0.6) is 5.75 Å². The first-order valence-electron chi connectivity index (χ1n) is 5.93. The van der Waals surface area contributed by atoms with Gasteiger partial charge in [-0.15, -0.1) is 0 Å². The standard InChI is InChI=1S/C15H13BrClNO2/c1-9-11(4-3-5-13(9)17)15(19)18-14-8-10(20-2)6-7-12(14)16/h3-8H,1-2H3,(H,18,19). The van der Waals surface area contributed by atoms with Crippen molar-refractivity contribution < 1.29 is 9.53 Å². The fourth-order valence-corrected chi connectivity index (χ4v) is 2.29. The summed E-state index contributed by atoms with van der Waals surface area (Å²) in [6.45, 7) is 1.82. The van der Waals surface area contributed by atoms with Crippen LogP contribution >= 0.6 is 27.5 Å². The zero-order valence-corrected chi connectivity index (χ0v) is 13.4. The lowest BCUT2D eigenvalue weighted by Crippen LogP contribution is -2.14. The highest BCUT2D eigenvalue weighted by Crippen LogP contribution is 2.28. The van der Waals surface area contributed by atoms with Crippen LogP contribution in [0.2, 0.25) is 5.02 Å². The number of halogens is 2.